The molecule has 1 fully saturated rings. The van der Waals surface area contributed by atoms with Crippen molar-refractivity contribution in [2.45, 2.75) is 38.1 Å². The van der Waals surface area contributed by atoms with Crippen LogP contribution < -0.4 is 4.90 Å². The first-order chi connectivity index (χ1) is 9.16. The van der Waals surface area contributed by atoms with Crippen LogP contribution in [0, 0.1) is 0 Å². The van der Waals surface area contributed by atoms with E-state index in [0.29, 0.717) is 6.04 Å². The van der Waals surface area contributed by atoms with Crippen LogP contribution >= 0.6 is 23.1 Å². The molecule has 104 valence electrons. The maximum Gasteiger partial charge on any atom is 0.312 e. The Labute approximate surface area is 121 Å². The fourth-order valence-corrected chi connectivity index (χ4v) is 5.09. The minimum absolute atomic E-state index is 0.386. The number of nitrogens with zero attached hydrogens (tertiary/aromatic N) is 2. The Morgan fingerprint density at radius 1 is 1.53 bits per heavy atom. The molecule has 2 unspecified atom stereocenters. The summed E-state index contributed by atoms with van der Waals surface area (Å²) in [5, 5.41) is 10.3. The SMILES string of the molecule is CC1CSCCN1c1nc2c(s1)CCCC2C(=O)O. The van der Waals surface area contributed by atoms with Gasteiger partial charge in [-0.3, -0.25) is 4.79 Å². The first kappa shape index (κ1) is 13.2. The van der Waals surface area contributed by atoms with Gasteiger partial charge in [0, 0.05) is 29.0 Å². The number of thioether (sulfide) groups is 1. The van der Waals surface area contributed by atoms with Crippen molar-refractivity contribution < 1.29 is 9.90 Å². The van der Waals surface area contributed by atoms with Crippen molar-refractivity contribution in [2.75, 3.05) is 23.0 Å². The zero-order valence-corrected chi connectivity index (χ0v) is 12.6. The molecule has 1 aromatic rings. The molecule has 2 heterocycles. The number of thiazole rings is 1. The molecule has 1 N–H and O–H groups in total. The van der Waals surface area contributed by atoms with Crippen molar-refractivity contribution >= 4 is 34.2 Å². The van der Waals surface area contributed by atoms with E-state index in [4.69, 9.17) is 0 Å². The summed E-state index contributed by atoms with van der Waals surface area (Å²) in [5.74, 6) is 1.16. The van der Waals surface area contributed by atoms with E-state index in [2.05, 4.69) is 16.8 Å². The summed E-state index contributed by atoms with van der Waals surface area (Å²) < 4.78 is 0. The Balaban J connectivity index is 1.90. The number of hydrogen-bond donors (Lipinski definition) is 1. The minimum Gasteiger partial charge on any atom is -0.481 e. The molecule has 1 aromatic heterocycles. The molecule has 0 saturated carbocycles. The van der Waals surface area contributed by atoms with E-state index in [1.165, 1.54) is 4.88 Å². The Bertz CT molecular complexity index is 489. The third-order valence-corrected chi connectivity index (χ3v) is 6.21. The van der Waals surface area contributed by atoms with Gasteiger partial charge in [0.25, 0.3) is 0 Å². The van der Waals surface area contributed by atoms with Crippen LogP contribution in [0.2, 0.25) is 0 Å². The van der Waals surface area contributed by atoms with E-state index in [1.54, 1.807) is 11.3 Å². The van der Waals surface area contributed by atoms with Crippen LogP contribution in [0.5, 0.6) is 0 Å². The normalized spacial score (nSPS) is 27.1. The molecule has 2 aliphatic rings. The highest BCUT2D eigenvalue weighted by Gasteiger charge is 2.32. The molecule has 0 bridgehead atoms. The van der Waals surface area contributed by atoms with E-state index in [-0.39, 0.29) is 5.92 Å². The molecular weight excluding hydrogens is 280 g/mol. The Kier molecular flexibility index (Phi) is 3.71. The molecule has 0 amide bonds. The van der Waals surface area contributed by atoms with Gasteiger partial charge < -0.3 is 10.0 Å². The average molecular weight is 298 g/mol. The number of aliphatic carboxylic acids is 1. The van der Waals surface area contributed by atoms with Crippen LogP contribution in [0.1, 0.15) is 36.3 Å². The third-order valence-electron chi connectivity index (χ3n) is 3.85. The lowest BCUT2D eigenvalue weighted by atomic mass is 9.91. The molecular formula is C13H18N2O2S2. The summed E-state index contributed by atoms with van der Waals surface area (Å²) in [6.07, 6.45) is 2.70. The smallest absolute Gasteiger partial charge is 0.312 e. The number of fused-ring (bicyclic) bond motifs is 1. The maximum absolute atomic E-state index is 11.3. The number of aryl methyl sites for hydroxylation is 1. The fourth-order valence-electron chi connectivity index (χ4n) is 2.78. The Morgan fingerprint density at radius 2 is 2.37 bits per heavy atom. The van der Waals surface area contributed by atoms with E-state index >= 15 is 0 Å². The molecule has 4 nitrogen and oxygen atoms in total. The predicted molar refractivity (Wildman–Crippen MR) is 79.6 cm³/mol. The highest BCUT2D eigenvalue weighted by Crippen LogP contribution is 2.39. The summed E-state index contributed by atoms with van der Waals surface area (Å²) in [6.45, 7) is 3.25. The quantitative estimate of drug-likeness (QED) is 0.909. The highest BCUT2D eigenvalue weighted by molar-refractivity contribution is 7.99. The molecule has 0 aromatic carbocycles. The van der Waals surface area contributed by atoms with Crippen molar-refractivity contribution in [3.05, 3.63) is 10.6 Å². The Hall–Kier alpha value is -0.750. The van der Waals surface area contributed by atoms with E-state index < -0.39 is 5.97 Å². The molecule has 1 aliphatic heterocycles. The Morgan fingerprint density at radius 3 is 3.11 bits per heavy atom. The number of hydrogen-bond acceptors (Lipinski definition) is 5. The highest BCUT2D eigenvalue weighted by atomic mass is 32.2. The molecule has 0 radical (unpaired) electrons. The maximum atomic E-state index is 11.3. The van der Waals surface area contributed by atoms with Gasteiger partial charge in [-0.15, -0.1) is 11.3 Å². The zero-order valence-electron chi connectivity index (χ0n) is 11.0. The molecule has 3 rings (SSSR count). The van der Waals surface area contributed by atoms with Crippen molar-refractivity contribution in [2.24, 2.45) is 0 Å². The standard InChI is InChI=1S/C13H18N2O2S2/c1-8-7-18-6-5-15(8)13-14-11-9(12(16)17)3-2-4-10(11)19-13/h8-9H,2-7H2,1H3,(H,16,17). The summed E-state index contributed by atoms with van der Waals surface area (Å²) in [7, 11) is 0. The molecule has 2 atom stereocenters. The van der Waals surface area contributed by atoms with Gasteiger partial charge in [-0.05, 0) is 26.2 Å². The summed E-state index contributed by atoms with van der Waals surface area (Å²) in [4.78, 5) is 19.5. The van der Waals surface area contributed by atoms with Crippen LogP contribution in [0.4, 0.5) is 5.13 Å². The number of rotatable bonds is 2. The predicted octanol–water partition coefficient (Wildman–Crippen LogP) is 2.59. The zero-order chi connectivity index (χ0) is 13.4. The van der Waals surface area contributed by atoms with Gasteiger partial charge in [0.2, 0.25) is 0 Å². The minimum atomic E-state index is -0.722. The molecule has 19 heavy (non-hydrogen) atoms. The number of anilines is 1. The van der Waals surface area contributed by atoms with Crippen molar-refractivity contribution in [3.8, 4) is 0 Å². The van der Waals surface area contributed by atoms with Crippen molar-refractivity contribution in [3.63, 3.8) is 0 Å². The second-order valence-electron chi connectivity index (χ2n) is 5.21. The molecule has 6 heteroatoms. The second-order valence-corrected chi connectivity index (χ2v) is 7.42. The van der Waals surface area contributed by atoms with E-state index in [0.717, 1.165) is 48.1 Å². The van der Waals surface area contributed by atoms with Gasteiger partial charge in [-0.2, -0.15) is 11.8 Å². The lowest BCUT2D eigenvalue weighted by molar-refractivity contribution is -0.139. The first-order valence-electron chi connectivity index (χ1n) is 6.73. The number of carboxylic acid groups (broad SMARTS) is 1. The van der Waals surface area contributed by atoms with Crippen LogP contribution in [0.15, 0.2) is 0 Å². The van der Waals surface area contributed by atoms with Crippen LogP contribution in [0.25, 0.3) is 0 Å². The monoisotopic (exact) mass is 298 g/mol. The van der Waals surface area contributed by atoms with E-state index in [1.807, 2.05) is 11.8 Å². The lowest BCUT2D eigenvalue weighted by Crippen LogP contribution is -2.40. The topological polar surface area (TPSA) is 53.4 Å². The van der Waals surface area contributed by atoms with Gasteiger partial charge in [0.15, 0.2) is 5.13 Å². The first-order valence-corrected chi connectivity index (χ1v) is 8.70. The summed E-state index contributed by atoms with van der Waals surface area (Å²) in [5.41, 5.74) is 0.837. The van der Waals surface area contributed by atoms with Crippen LogP contribution in [0.3, 0.4) is 0 Å². The van der Waals surface area contributed by atoms with Gasteiger partial charge in [-0.1, -0.05) is 0 Å². The number of carboxylic acids is 1. The van der Waals surface area contributed by atoms with Gasteiger partial charge in [-0.25, -0.2) is 4.98 Å². The van der Waals surface area contributed by atoms with Crippen LogP contribution in [-0.4, -0.2) is 40.2 Å². The van der Waals surface area contributed by atoms with E-state index in [9.17, 15) is 9.90 Å². The summed E-state index contributed by atoms with van der Waals surface area (Å²) in [6, 6.07) is 0.495. The van der Waals surface area contributed by atoms with Gasteiger partial charge in [0.05, 0.1) is 5.69 Å². The van der Waals surface area contributed by atoms with Gasteiger partial charge >= 0.3 is 5.97 Å². The molecule has 0 spiro atoms. The van der Waals surface area contributed by atoms with Crippen molar-refractivity contribution in [1.82, 2.24) is 4.98 Å². The fraction of sp³-hybridized carbons (Fsp3) is 0.692. The summed E-state index contributed by atoms with van der Waals surface area (Å²) >= 11 is 3.69. The van der Waals surface area contributed by atoms with Crippen molar-refractivity contribution in [1.29, 1.82) is 0 Å². The van der Waals surface area contributed by atoms with Crippen LogP contribution in [-0.2, 0) is 11.2 Å². The molecule has 1 aliphatic carbocycles. The lowest BCUT2D eigenvalue weighted by Gasteiger charge is -2.32. The molecule has 1 saturated heterocycles. The number of aromatic nitrogens is 1. The third kappa shape index (κ3) is 2.48. The number of carbonyl (C=O) groups is 1. The largest absolute Gasteiger partial charge is 0.481 e. The second kappa shape index (κ2) is 5.32. The average Bonchev–Trinajstić information content (AvgIpc) is 2.82. The van der Waals surface area contributed by atoms with Gasteiger partial charge in [0.1, 0.15) is 5.92 Å².